The molecule has 0 aliphatic carbocycles. The molecule has 3 N–H and O–H groups in total. The zero-order valence-electron chi connectivity index (χ0n) is 26.3. The predicted octanol–water partition coefficient (Wildman–Crippen LogP) is 6.21. The summed E-state index contributed by atoms with van der Waals surface area (Å²) in [5.74, 6) is -0.840. The molecule has 1 aliphatic rings. The molecule has 1 aliphatic heterocycles. The van der Waals surface area contributed by atoms with E-state index in [0.29, 0.717) is 29.2 Å². The molecule has 1 atom stereocenters. The highest BCUT2D eigenvalue weighted by Gasteiger charge is 2.21. The Balaban J connectivity index is 1.40. The molecule has 1 unspecified atom stereocenters. The molecule has 2 aromatic carbocycles. The van der Waals surface area contributed by atoms with Crippen LogP contribution in [0.4, 0.5) is 15.8 Å². The first-order valence-electron chi connectivity index (χ1n) is 15.1. The summed E-state index contributed by atoms with van der Waals surface area (Å²) in [6.45, 7) is 11.4. The molecular weight excluding hydrogens is 603 g/mol. The van der Waals surface area contributed by atoms with Gasteiger partial charge in [0.05, 0.1) is 22.8 Å². The van der Waals surface area contributed by atoms with Crippen LogP contribution in [0.15, 0.2) is 89.5 Å². The lowest BCUT2D eigenvalue weighted by atomic mass is 10.1. The quantitative estimate of drug-likeness (QED) is 0.178. The number of nitrogens with one attached hydrogen (secondary N) is 3. The van der Waals surface area contributed by atoms with Crippen molar-refractivity contribution in [3.05, 3.63) is 111 Å². The van der Waals surface area contributed by atoms with Crippen molar-refractivity contribution in [1.29, 1.82) is 0 Å². The first-order chi connectivity index (χ1) is 22.0. The van der Waals surface area contributed by atoms with Crippen molar-refractivity contribution in [2.75, 3.05) is 30.3 Å². The maximum Gasteiger partial charge on any atom is 0.290 e. The zero-order chi connectivity index (χ0) is 33.0. The maximum absolute atomic E-state index is 16.0. The number of rotatable bonds is 10. The van der Waals surface area contributed by atoms with Gasteiger partial charge in [0.2, 0.25) is 5.91 Å². The van der Waals surface area contributed by atoms with Gasteiger partial charge < -0.3 is 20.9 Å². The Bertz CT molecular complexity index is 1910. The van der Waals surface area contributed by atoms with Crippen molar-refractivity contribution in [2.45, 2.75) is 27.2 Å². The number of thiophene rings is 1. The summed E-state index contributed by atoms with van der Waals surface area (Å²) in [6, 6.07) is 14.2. The number of amides is 2. The number of hydrogen-bond acceptors (Lipinski definition) is 7. The molecule has 238 valence electrons. The molecule has 2 amide bonds. The van der Waals surface area contributed by atoms with Crippen LogP contribution in [0.25, 0.3) is 21.3 Å². The van der Waals surface area contributed by atoms with Gasteiger partial charge in [0.1, 0.15) is 5.69 Å². The highest BCUT2D eigenvalue weighted by atomic mass is 32.1. The molecule has 2 aromatic heterocycles. The molecule has 9 nitrogen and oxygen atoms in total. The van der Waals surface area contributed by atoms with Gasteiger partial charge in [-0.3, -0.25) is 14.4 Å². The molecule has 11 heteroatoms. The van der Waals surface area contributed by atoms with Crippen molar-refractivity contribution in [2.24, 2.45) is 13.0 Å². The second-order valence-corrected chi connectivity index (χ2v) is 12.4. The molecule has 46 heavy (non-hydrogen) atoms. The second kappa shape index (κ2) is 14.1. The normalized spacial score (nSPS) is 14.6. The molecule has 0 radical (unpaired) electrons. The number of hydrogen-bond donors (Lipinski definition) is 3. The van der Waals surface area contributed by atoms with Gasteiger partial charge in [0.15, 0.2) is 5.82 Å². The van der Waals surface area contributed by atoms with Gasteiger partial charge in [0.25, 0.3) is 11.5 Å². The van der Waals surface area contributed by atoms with E-state index in [0.717, 1.165) is 26.9 Å². The topological polar surface area (TPSA) is 108 Å². The molecule has 0 saturated carbocycles. The standard InChI is InChI=1S/C35H37FN6O3S/c1-6-21(2)17-25(42-16-15-37-20-31(42)43)13-12-23(4)38-28-19-27(40-41(5)35(28)45)26-14-11-22(3)33(32(26)36)39-34(44)30-18-24-9-7-8-10-29(24)46-30/h7-14,17-19,21,37-38H,4,6,15-16,20H2,1-3,5H3,(H,39,44)/b13-12-,25-17+. The van der Waals surface area contributed by atoms with Crippen LogP contribution >= 0.6 is 11.3 Å². The fourth-order valence-corrected chi connectivity index (χ4v) is 6.01. The molecule has 5 rings (SSSR count). The van der Waals surface area contributed by atoms with Crippen LogP contribution in [0.1, 0.15) is 35.5 Å². The van der Waals surface area contributed by atoms with E-state index in [4.69, 9.17) is 0 Å². The van der Waals surface area contributed by atoms with Gasteiger partial charge in [-0.2, -0.15) is 5.10 Å². The van der Waals surface area contributed by atoms with E-state index < -0.39 is 17.3 Å². The third-order valence-corrected chi connectivity index (χ3v) is 8.94. The Morgan fingerprint density at radius 3 is 2.70 bits per heavy atom. The largest absolute Gasteiger partial charge is 0.351 e. The SMILES string of the molecule is C=C(/C=C\C(=C/C(C)CC)N1CCNCC1=O)Nc1cc(-c2ccc(C)c(NC(=O)c3cc4ccccc4s3)c2F)nn(C)c1=O. The van der Waals surface area contributed by atoms with Crippen LogP contribution in [0.5, 0.6) is 0 Å². The van der Waals surface area contributed by atoms with E-state index in [9.17, 15) is 14.4 Å². The van der Waals surface area contributed by atoms with Crippen LogP contribution in [-0.2, 0) is 11.8 Å². The third kappa shape index (κ3) is 7.16. The fourth-order valence-electron chi connectivity index (χ4n) is 5.05. The Kier molecular flexibility index (Phi) is 9.93. The summed E-state index contributed by atoms with van der Waals surface area (Å²) >= 11 is 1.33. The summed E-state index contributed by atoms with van der Waals surface area (Å²) in [6.07, 6.45) is 6.48. The summed E-state index contributed by atoms with van der Waals surface area (Å²) in [5, 5.41) is 14.1. The van der Waals surface area contributed by atoms with Crippen molar-refractivity contribution >= 4 is 44.6 Å². The minimum Gasteiger partial charge on any atom is -0.351 e. The van der Waals surface area contributed by atoms with Crippen LogP contribution in [0.2, 0.25) is 0 Å². The fraction of sp³-hybridized carbons (Fsp3) is 0.257. The lowest BCUT2D eigenvalue weighted by molar-refractivity contribution is -0.129. The van der Waals surface area contributed by atoms with Crippen LogP contribution in [0.3, 0.4) is 0 Å². The maximum atomic E-state index is 16.0. The smallest absolute Gasteiger partial charge is 0.290 e. The summed E-state index contributed by atoms with van der Waals surface area (Å²) < 4.78 is 18.1. The second-order valence-electron chi connectivity index (χ2n) is 11.3. The highest BCUT2D eigenvalue weighted by molar-refractivity contribution is 7.20. The summed E-state index contributed by atoms with van der Waals surface area (Å²) in [7, 11) is 1.48. The number of aryl methyl sites for hydroxylation is 2. The van der Waals surface area contributed by atoms with Crippen LogP contribution in [-0.4, -0.2) is 46.1 Å². The van der Waals surface area contributed by atoms with Crippen molar-refractivity contribution in [1.82, 2.24) is 20.0 Å². The number of carbonyl (C=O) groups is 2. The van der Waals surface area contributed by atoms with Gasteiger partial charge in [-0.05, 0) is 60.2 Å². The molecule has 3 heterocycles. The van der Waals surface area contributed by atoms with Crippen molar-refractivity contribution < 1.29 is 14.0 Å². The van der Waals surface area contributed by atoms with Crippen LogP contribution in [0, 0.1) is 18.7 Å². The zero-order valence-corrected chi connectivity index (χ0v) is 27.1. The Labute approximate surface area is 271 Å². The molecule has 4 aromatic rings. The van der Waals surface area contributed by atoms with Gasteiger partial charge >= 0.3 is 0 Å². The van der Waals surface area contributed by atoms with E-state index in [-0.39, 0.29) is 41.0 Å². The van der Waals surface area contributed by atoms with Crippen molar-refractivity contribution in [3.8, 4) is 11.3 Å². The van der Waals surface area contributed by atoms with Crippen molar-refractivity contribution in [3.63, 3.8) is 0 Å². The summed E-state index contributed by atoms with van der Waals surface area (Å²) in [5.41, 5.74) is 1.77. The number of fused-ring (bicyclic) bond motifs is 1. The average molecular weight is 641 g/mol. The number of halogens is 1. The minimum absolute atomic E-state index is 0.0174. The average Bonchev–Trinajstić information content (AvgIpc) is 3.48. The van der Waals surface area contributed by atoms with Gasteiger partial charge in [-0.25, -0.2) is 9.07 Å². The van der Waals surface area contributed by atoms with E-state index in [1.807, 2.05) is 36.4 Å². The number of piperazine rings is 1. The van der Waals surface area contributed by atoms with E-state index >= 15 is 4.39 Å². The molecular formula is C35H37FN6O3S. The van der Waals surface area contributed by atoms with Gasteiger partial charge in [-0.15, -0.1) is 11.3 Å². The predicted molar refractivity (Wildman–Crippen MR) is 183 cm³/mol. The Morgan fingerprint density at radius 1 is 1.17 bits per heavy atom. The van der Waals surface area contributed by atoms with Gasteiger partial charge in [0, 0.05) is 41.8 Å². The van der Waals surface area contributed by atoms with Gasteiger partial charge in [-0.1, -0.05) is 57.2 Å². The first kappa shape index (κ1) is 32.5. The summed E-state index contributed by atoms with van der Waals surface area (Å²) in [4.78, 5) is 41.0. The number of aromatic nitrogens is 2. The van der Waals surface area contributed by atoms with E-state index in [1.54, 1.807) is 36.1 Å². The molecule has 0 spiro atoms. The Hall–Kier alpha value is -4.87. The molecule has 1 fully saturated rings. The highest BCUT2D eigenvalue weighted by Crippen LogP contribution is 2.32. The number of carbonyl (C=O) groups excluding carboxylic acids is 2. The lowest BCUT2D eigenvalue weighted by Gasteiger charge is -2.29. The number of nitrogens with zero attached hydrogens (tertiary/aromatic N) is 3. The first-order valence-corrected chi connectivity index (χ1v) is 15.9. The molecule has 0 bridgehead atoms. The monoisotopic (exact) mass is 640 g/mol. The number of anilines is 2. The van der Waals surface area contributed by atoms with E-state index in [2.05, 4.69) is 41.5 Å². The van der Waals surface area contributed by atoms with E-state index in [1.165, 1.54) is 24.5 Å². The lowest BCUT2D eigenvalue weighted by Crippen LogP contribution is -2.47. The number of benzene rings is 2. The van der Waals surface area contributed by atoms with Crippen LogP contribution < -0.4 is 21.5 Å². The minimum atomic E-state index is -0.661. The third-order valence-electron chi connectivity index (χ3n) is 7.83. The number of allylic oxidation sites excluding steroid dienone is 3. The Morgan fingerprint density at radius 2 is 1.96 bits per heavy atom. The molecule has 1 saturated heterocycles.